The van der Waals surface area contributed by atoms with E-state index in [9.17, 15) is 14.4 Å². The van der Waals surface area contributed by atoms with Crippen LogP contribution < -0.4 is 5.56 Å². The third kappa shape index (κ3) is 4.32. The molecule has 0 radical (unpaired) electrons. The van der Waals surface area contributed by atoms with Crippen LogP contribution in [-0.4, -0.2) is 28.3 Å². The molecule has 0 fully saturated rings. The lowest BCUT2D eigenvalue weighted by Crippen LogP contribution is -2.16. The molecule has 3 aromatic rings. The highest BCUT2D eigenvalue weighted by atomic mass is 35.5. The third-order valence-electron chi connectivity index (χ3n) is 3.44. The molecule has 0 unspecified atom stereocenters. The minimum atomic E-state index is -0.535. The van der Waals surface area contributed by atoms with Crippen molar-refractivity contribution in [2.24, 2.45) is 0 Å². The number of hydrogen-bond donors (Lipinski definition) is 1. The fourth-order valence-corrected chi connectivity index (χ4v) is 3.19. The first-order valence-corrected chi connectivity index (χ1v) is 8.64. The molecule has 3 rings (SSSR count). The highest BCUT2D eigenvalue weighted by molar-refractivity contribution is 7.18. The second kappa shape index (κ2) is 7.58. The van der Waals surface area contributed by atoms with Gasteiger partial charge in [-0.3, -0.25) is 14.4 Å². The van der Waals surface area contributed by atoms with Crippen LogP contribution in [0, 0.1) is 0 Å². The van der Waals surface area contributed by atoms with Gasteiger partial charge in [0.25, 0.3) is 5.56 Å². The summed E-state index contributed by atoms with van der Waals surface area (Å²) < 4.78 is 5.46. The molecule has 0 bridgehead atoms. The summed E-state index contributed by atoms with van der Waals surface area (Å²) in [5.74, 6) is -0.439. The van der Waals surface area contributed by atoms with E-state index in [-0.39, 0.29) is 30.8 Å². The van der Waals surface area contributed by atoms with Crippen molar-refractivity contribution in [3.63, 3.8) is 0 Å². The first-order valence-electron chi connectivity index (χ1n) is 7.45. The molecule has 0 saturated carbocycles. The maximum Gasteiger partial charge on any atom is 0.306 e. The van der Waals surface area contributed by atoms with Crippen LogP contribution in [0.5, 0.6) is 0 Å². The van der Waals surface area contributed by atoms with Gasteiger partial charge in [0.05, 0.1) is 26.5 Å². The number of carbonyl (C=O) groups is 2. The summed E-state index contributed by atoms with van der Waals surface area (Å²) in [6, 6.07) is 10.2. The number of nitrogens with one attached hydrogen (secondary N) is 1. The fourth-order valence-electron chi connectivity index (χ4n) is 2.23. The summed E-state index contributed by atoms with van der Waals surface area (Å²) in [5, 5.41) is 0.494. The zero-order chi connectivity index (χ0) is 17.8. The van der Waals surface area contributed by atoms with Crippen LogP contribution >= 0.6 is 22.9 Å². The smallest absolute Gasteiger partial charge is 0.306 e. The molecular formula is C17H13ClN2O4S. The second-order valence-corrected chi connectivity index (χ2v) is 6.93. The zero-order valence-electron chi connectivity index (χ0n) is 13.0. The average Bonchev–Trinajstić information content (AvgIpc) is 3.04. The molecule has 0 aliphatic rings. The van der Waals surface area contributed by atoms with Crippen LogP contribution in [0.4, 0.5) is 0 Å². The van der Waals surface area contributed by atoms with Crippen LogP contribution in [0.2, 0.25) is 4.34 Å². The summed E-state index contributed by atoms with van der Waals surface area (Å²) >= 11 is 6.90. The van der Waals surface area contributed by atoms with Crippen LogP contribution in [0.15, 0.2) is 41.2 Å². The lowest BCUT2D eigenvalue weighted by atomic mass is 10.2. The minimum Gasteiger partial charge on any atom is -0.457 e. The number of H-pyrrole nitrogens is 1. The van der Waals surface area contributed by atoms with Gasteiger partial charge in [-0.1, -0.05) is 23.7 Å². The van der Waals surface area contributed by atoms with Crippen molar-refractivity contribution in [3.8, 4) is 0 Å². The summed E-state index contributed by atoms with van der Waals surface area (Å²) in [4.78, 5) is 43.0. The lowest BCUT2D eigenvalue weighted by Gasteiger charge is -2.04. The van der Waals surface area contributed by atoms with Crippen molar-refractivity contribution in [3.05, 3.63) is 61.8 Å². The van der Waals surface area contributed by atoms with Crippen molar-refractivity contribution in [2.75, 3.05) is 6.61 Å². The number of fused-ring (bicyclic) bond motifs is 1. The molecule has 6 nitrogen and oxygen atoms in total. The molecule has 2 heterocycles. The van der Waals surface area contributed by atoms with Crippen molar-refractivity contribution in [1.29, 1.82) is 0 Å². The number of halogens is 1. The van der Waals surface area contributed by atoms with E-state index in [1.54, 1.807) is 36.4 Å². The SMILES string of the molecule is O=C(CCc1nc2ccccc2c(=O)[nH]1)OCC(=O)c1ccc(Cl)s1. The first kappa shape index (κ1) is 17.3. The molecule has 0 aliphatic carbocycles. The van der Waals surface area contributed by atoms with E-state index < -0.39 is 5.97 Å². The Bertz CT molecular complexity index is 995. The number of aryl methyl sites for hydroxylation is 1. The molecule has 1 N–H and O–H groups in total. The molecule has 1 aromatic carbocycles. The molecule has 8 heteroatoms. The molecular weight excluding hydrogens is 364 g/mol. The van der Waals surface area contributed by atoms with Crippen LogP contribution in [0.25, 0.3) is 10.9 Å². The zero-order valence-corrected chi connectivity index (χ0v) is 14.5. The number of nitrogens with zero attached hydrogens (tertiary/aromatic N) is 1. The number of hydrogen-bond acceptors (Lipinski definition) is 6. The van der Waals surface area contributed by atoms with E-state index in [1.165, 1.54) is 0 Å². The number of Topliss-reactive ketones (excluding diaryl/α,β-unsaturated/α-hetero) is 1. The third-order valence-corrected chi connectivity index (χ3v) is 4.71. The van der Waals surface area contributed by atoms with E-state index in [0.717, 1.165) is 11.3 Å². The van der Waals surface area contributed by atoms with Crippen molar-refractivity contribution in [2.45, 2.75) is 12.8 Å². The van der Waals surface area contributed by atoms with Gasteiger partial charge in [0, 0.05) is 6.42 Å². The Balaban J connectivity index is 1.55. The highest BCUT2D eigenvalue weighted by Gasteiger charge is 2.13. The summed E-state index contributed by atoms with van der Waals surface area (Å²) in [6.07, 6.45) is 0.234. The van der Waals surface area contributed by atoms with Gasteiger partial charge in [0.1, 0.15) is 5.82 Å². The minimum absolute atomic E-state index is 0.0136. The summed E-state index contributed by atoms with van der Waals surface area (Å²) in [5.41, 5.74) is 0.318. The van der Waals surface area contributed by atoms with E-state index in [0.29, 0.717) is 25.9 Å². The Hall–Kier alpha value is -2.51. The van der Waals surface area contributed by atoms with Crippen molar-refractivity contribution in [1.82, 2.24) is 9.97 Å². The molecule has 0 spiro atoms. The average molecular weight is 377 g/mol. The number of carbonyl (C=O) groups excluding carboxylic acids is 2. The highest BCUT2D eigenvalue weighted by Crippen LogP contribution is 2.21. The molecule has 0 saturated heterocycles. The van der Waals surface area contributed by atoms with Gasteiger partial charge >= 0.3 is 5.97 Å². The maximum atomic E-state index is 12.0. The van der Waals surface area contributed by atoms with Gasteiger partial charge < -0.3 is 9.72 Å². The van der Waals surface area contributed by atoms with Crippen LogP contribution in [-0.2, 0) is 16.0 Å². The predicted molar refractivity (Wildman–Crippen MR) is 95.3 cm³/mol. The number of benzene rings is 1. The number of ketones is 1. The molecule has 2 aromatic heterocycles. The molecule has 25 heavy (non-hydrogen) atoms. The summed E-state index contributed by atoms with van der Waals surface area (Å²) in [7, 11) is 0. The number of rotatable bonds is 6. The Morgan fingerprint density at radius 3 is 2.76 bits per heavy atom. The van der Waals surface area contributed by atoms with Crippen molar-refractivity contribution >= 4 is 45.6 Å². The van der Waals surface area contributed by atoms with Gasteiger partial charge in [-0.25, -0.2) is 4.98 Å². The number of aromatic nitrogens is 2. The number of thiophene rings is 1. The lowest BCUT2D eigenvalue weighted by molar-refractivity contribution is -0.142. The topological polar surface area (TPSA) is 89.1 Å². The Morgan fingerprint density at radius 2 is 2.00 bits per heavy atom. The van der Waals surface area contributed by atoms with Gasteiger partial charge in [0.2, 0.25) is 5.78 Å². The second-order valence-electron chi connectivity index (χ2n) is 5.22. The number of aromatic amines is 1. The number of esters is 1. The maximum absolute atomic E-state index is 12.0. The van der Waals surface area contributed by atoms with E-state index >= 15 is 0 Å². The molecule has 128 valence electrons. The van der Waals surface area contributed by atoms with Gasteiger partial charge in [-0.15, -0.1) is 11.3 Å². The number of para-hydroxylation sites is 1. The molecule has 0 atom stereocenters. The van der Waals surface area contributed by atoms with Crippen LogP contribution in [0.1, 0.15) is 21.9 Å². The largest absolute Gasteiger partial charge is 0.457 e. The first-order chi connectivity index (χ1) is 12.0. The predicted octanol–water partition coefficient (Wildman–Crippen LogP) is 3.00. The van der Waals surface area contributed by atoms with Gasteiger partial charge in [-0.2, -0.15) is 0 Å². The van der Waals surface area contributed by atoms with Gasteiger partial charge in [-0.05, 0) is 24.3 Å². The van der Waals surface area contributed by atoms with Crippen molar-refractivity contribution < 1.29 is 14.3 Å². The monoisotopic (exact) mass is 376 g/mol. The van der Waals surface area contributed by atoms with Crippen LogP contribution in [0.3, 0.4) is 0 Å². The van der Waals surface area contributed by atoms with E-state index in [1.807, 2.05) is 0 Å². The fraction of sp³-hybridized carbons (Fsp3) is 0.176. The number of ether oxygens (including phenoxy) is 1. The Labute approximate surface area is 151 Å². The van der Waals surface area contributed by atoms with Gasteiger partial charge in [0.15, 0.2) is 6.61 Å². The van der Waals surface area contributed by atoms with E-state index in [4.69, 9.17) is 16.3 Å². The Kier molecular flexibility index (Phi) is 5.25. The normalized spacial score (nSPS) is 10.8. The standard InChI is InChI=1S/C17H13ClN2O4S/c18-14-6-5-13(25-14)12(21)9-24-16(22)8-7-15-19-11-4-2-1-3-10(11)17(23)20-15/h1-6H,7-9H2,(H,19,20,23). The molecule has 0 amide bonds. The Morgan fingerprint density at radius 1 is 1.20 bits per heavy atom. The van der Waals surface area contributed by atoms with E-state index in [2.05, 4.69) is 9.97 Å². The summed E-state index contributed by atoms with van der Waals surface area (Å²) in [6.45, 7) is -0.336. The molecule has 0 aliphatic heterocycles. The quantitative estimate of drug-likeness (QED) is 0.527.